The van der Waals surface area contributed by atoms with Crippen molar-refractivity contribution < 1.29 is 38.1 Å². The summed E-state index contributed by atoms with van der Waals surface area (Å²) in [6.07, 6.45) is 1.60. The van der Waals surface area contributed by atoms with E-state index >= 15 is 0 Å². The standard InChI is InChI=1S/C37H48FN5O7/c1-24-21-43(25(2)23-44)35(45)32-20-30(40-36(46)39-28-13-16-31(48-5)17-14-28)15-18-33(32)50-26(3)8-6-7-19-49-34(24)22-42(4)37(47)41-29-11-9-27(38)10-12-29/h9-18,20,24-26,34,44H,6-8,19,21-23H2,1-5H3,(H,41,47)(H2,39,40,46)/t24-,25+,26-,34+/m1/s1. The average molecular weight is 694 g/mol. The van der Waals surface area contributed by atoms with Crippen LogP contribution < -0.4 is 25.4 Å². The Bertz CT molecular complexity index is 1570. The molecule has 0 spiro atoms. The minimum Gasteiger partial charge on any atom is -0.497 e. The van der Waals surface area contributed by atoms with E-state index in [0.717, 1.165) is 12.8 Å². The van der Waals surface area contributed by atoms with Gasteiger partial charge in [0.25, 0.3) is 5.91 Å². The molecule has 4 N–H and O–H groups in total. The molecule has 12 nitrogen and oxygen atoms in total. The van der Waals surface area contributed by atoms with Gasteiger partial charge in [0, 0.05) is 49.7 Å². The van der Waals surface area contributed by atoms with Gasteiger partial charge in [0.15, 0.2) is 0 Å². The average Bonchev–Trinajstić information content (AvgIpc) is 3.10. The third kappa shape index (κ3) is 10.8. The molecule has 13 heteroatoms. The van der Waals surface area contributed by atoms with Crippen molar-refractivity contribution in [1.82, 2.24) is 9.80 Å². The highest BCUT2D eigenvalue weighted by molar-refractivity contribution is 6.02. The molecule has 5 amide bonds. The lowest BCUT2D eigenvalue weighted by molar-refractivity contribution is -0.0115. The summed E-state index contributed by atoms with van der Waals surface area (Å²) in [6, 6.07) is 15.9. The number of methoxy groups -OCH3 is 1. The molecule has 270 valence electrons. The van der Waals surface area contributed by atoms with Gasteiger partial charge in [-0.3, -0.25) is 4.79 Å². The lowest BCUT2D eigenvalue weighted by Crippen LogP contribution is -2.48. The van der Waals surface area contributed by atoms with Crippen LogP contribution in [0.1, 0.15) is 50.4 Å². The summed E-state index contributed by atoms with van der Waals surface area (Å²) in [5.41, 5.74) is 1.62. The van der Waals surface area contributed by atoms with Gasteiger partial charge in [-0.25, -0.2) is 14.0 Å². The van der Waals surface area contributed by atoms with Crippen LogP contribution in [0.4, 0.5) is 31.0 Å². The summed E-state index contributed by atoms with van der Waals surface area (Å²) >= 11 is 0. The Morgan fingerprint density at radius 3 is 2.32 bits per heavy atom. The SMILES string of the molecule is COc1ccc(NC(=O)Nc2ccc3c(c2)C(=O)N([C@@H](C)CO)C[C@@H](C)[C@H](CN(C)C(=O)Nc2ccc(F)cc2)OCCCC[C@@H](C)O3)cc1. The number of nitrogens with zero attached hydrogens (tertiary/aromatic N) is 2. The molecule has 0 fully saturated rings. The van der Waals surface area contributed by atoms with Crippen molar-refractivity contribution in [3.05, 3.63) is 78.1 Å². The largest absolute Gasteiger partial charge is 0.497 e. The molecular formula is C37H48FN5O7. The quantitative estimate of drug-likeness (QED) is 0.213. The van der Waals surface area contributed by atoms with E-state index < -0.39 is 29.9 Å². The number of urea groups is 2. The number of anilines is 3. The molecule has 0 radical (unpaired) electrons. The van der Waals surface area contributed by atoms with Gasteiger partial charge in [-0.1, -0.05) is 6.92 Å². The fraction of sp³-hybridized carbons (Fsp3) is 0.432. The van der Waals surface area contributed by atoms with Crippen molar-refractivity contribution in [1.29, 1.82) is 0 Å². The lowest BCUT2D eigenvalue weighted by Gasteiger charge is -2.35. The van der Waals surface area contributed by atoms with Crippen molar-refractivity contribution in [3.8, 4) is 11.5 Å². The molecule has 0 saturated carbocycles. The molecule has 0 saturated heterocycles. The monoisotopic (exact) mass is 693 g/mol. The van der Waals surface area contributed by atoms with Crippen LogP contribution in [0, 0.1) is 11.7 Å². The van der Waals surface area contributed by atoms with Gasteiger partial charge in [0.05, 0.1) is 37.5 Å². The van der Waals surface area contributed by atoms with Gasteiger partial charge in [-0.15, -0.1) is 0 Å². The smallest absolute Gasteiger partial charge is 0.323 e. The van der Waals surface area contributed by atoms with E-state index in [1.54, 1.807) is 68.4 Å². The first-order valence-electron chi connectivity index (χ1n) is 16.8. The summed E-state index contributed by atoms with van der Waals surface area (Å²) in [6.45, 7) is 6.19. The summed E-state index contributed by atoms with van der Waals surface area (Å²) < 4.78 is 31.1. The van der Waals surface area contributed by atoms with E-state index in [1.165, 1.54) is 29.2 Å². The maximum absolute atomic E-state index is 14.4. The summed E-state index contributed by atoms with van der Waals surface area (Å²) in [5.74, 6) is -0.0349. The number of carbonyl (C=O) groups is 3. The molecule has 0 aliphatic carbocycles. The number of halogens is 1. The Morgan fingerprint density at radius 2 is 1.64 bits per heavy atom. The summed E-state index contributed by atoms with van der Waals surface area (Å²) in [7, 11) is 3.21. The van der Waals surface area contributed by atoms with E-state index in [0.29, 0.717) is 41.6 Å². The van der Waals surface area contributed by atoms with Crippen LogP contribution in [0.5, 0.6) is 11.5 Å². The molecule has 4 atom stereocenters. The van der Waals surface area contributed by atoms with Gasteiger partial charge in [0.2, 0.25) is 0 Å². The predicted octanol–water partition coefficient (Wildman–Crippen LogP) is 6.44. The van der Waals surface area contributed by atoms with Crippen molar-refractivity contribution >= 4 is 35.0 Å². The van der Waals surface area contributed by atoms with Gasteiger partial charge >= 0.3 is 12.1 Å². The second-order valence-electron chi connectivity index (χ2n) is 12.6. The zero-order valence-corrected chi connectivity index (χ0v) is 29.3. The maximum Gasteiger partial charge on any atom is 0.323 e. The third-order valence-corrected chi connectivity index (χ3v) is 8.55. The van der Waals surface area contributed by atoms with Crippen LogP contribution >= 0.6 is 0 Å². The van der Waals surface area contributed by atoms with Gasteiger partial charge in [-0.05, 0) is 99.8 Å². The molecular weight excluding hydrogens is 645 g/mol. The number of benzene rings is 3. The molecule has 4 rings (SSSR count). The minimum atomic E-state index is -0.571. The van der Waals surface area contributed by atoms with E-state index in [-0.39, 0.29) is 43.3 Å². The molecule has 50 heavy (non-hydrogen) atoms. The number of ether oxygens (including phenoxy) is 3. The Hall–Kier alpha value is -4.88. The normalized spacial score (nSPS) is 19.2. The Morgan fingerprint density at radius 1 is 1.00 bits per heavy atom. The zero-order valence-electron chi connectivity index (χ0n) is 29.3. The van der Waals surface area contributed by atoms with E-state index in [9.17, 15) is 23.9 Å². The van der Waals surface area contributed by atoms with Crippen LogP contribution in [-0.2, 0) is 4.74 Å². The number of hydrogen-bond donors (Lipinski definition) is 4. The number of amides is 5. The topological polar surface area (TPSA) is 142 Å². The van der Waals surface area contributed by atoms with Crippen LogP contribution in [0.2, 0.25) is 0 Å². The Balaban J connectivity index is 1.56. The number of aliphatic hydroxyl groups excluding tert-OH is 1. The zero-order chi connectivity index (χ0) is 36.2. The number of nitrogens with one attached hydrogen (secondary N) is 3. The van der Waals surface area contributed by atoms with Crippen molar-refractivity contribution in [2.75, 3.05) is 56.4 Å². The van der Waals surface area contributed by atoms with Crippen LogP contribution in [-0.4, -0.2) is 91.6 Å². The van der Waals surface area contributed by atoms with Crippen LogP contribution in [0.25, 0.3) is 0 Å². The van der Waals surface area contributed by atoms with E-state index in [2.05, 4.69) is 16.0 Å². The molecule has 3 aromatic rings. The summed E-state index contributed by atoms with van der Waals surface area (Å²) in [5, 5.41) is 18.6. The van der Waals surface area contributed by atoms with Crippen molar-refractivity contribution in [2.24, 2.45) is 5.92 Å². The highest BCUT2D eigenvalue weighted by Gasteiger charge is 2.31. The molecule has 1 heterocycles. The fourth-order valence-electron chi connectivity index (χ4n) is 5.54. The number of rotatable bonds is 8. The van der Waals surface area contributed by atoms with E-state index in [4.69, 9.17) is 14.2 Å². The van der Waals surface area contributed by atoms with Gasteiger partial charge in [0.1, 0.15) is 17.3 Å². The van der Waals surface area contributed by atoms with Crippen LogP contribution in [0.15, 0.2) is 66.7 Å². The highest BCUT2D eigenvalue weighted by atomic mass is 19.1. The Labute approximate surface area is 292 Å². The number of fused-ring (bicyclic) bond motifs is 1. The van der Waals surface area contributed by atoms with Gasteiger partial charge < -0.3 is 45.1 Å². The minimum absolute atomic E-state index is 0.198. The molecule has 0 bridgehead atoms. The van der Waals surface area contributed by atoms with Crippen molar-refractivity contribution in [3.63, 3.8) is 0 Å². The first kappa shape index (κ1) is 37.9. The molecule has 0 aromatic heterocycles. The Kier molecular flexibility index (Phi) is 13.8. The first-order chi connectivity index (χ1) is 24.0. The van der Waals surface area contributed by atoms with Gasteiger partial charge in [-0.2, -0.15) is 0 Å². The first-order valence-corrected chi connectivity index (χ1v) is 16.8. The molecule has 1 aliphatic rings. The fourth-order valence-corrected chi connectivity index (χ4v) is 5.54. The molecule has 1 aliphatic heterocycles. The lowest BCUT2D eigenvalue weighted by atomic mass is 10.0. The molecule has 0 unspecified atom stereocenters. The number of likely N-dealkylation sites (N-methyl/N-ethyl adjacent to an activating group) is 1. The highest BCUT2D eigenvalue weighted by Crippen LogP contribution is 2.29. The second-order valence-corrected chi connectivity index (χ2v) is 12.6. The third-order valence-electron chi connectivity index (χ3n) is 8.55. The maximum atomic E-state index is 14.4. The van der Waals surface area contributed by atoms with E-state index in [1.807, 2.05) is 13.8 Å². The number of carbonyl (C=O) groups excluding carboxylic acids is 3. The predicted molar refractivity (Wildman–Crippen MR) is 191 cm³/mol. The molecule has 3 aromatic carbocycles. The number of aliphatic hydroxyl groups is 1. The second kappa shape index (κ2) is 18.2. The van der Waals surface area contributed by atoms with Crippen LogP contribution in [0.3, 0.4) is 0 Å². The summed E-state index contributed by atoms with van der Waals surface area (Å²) in [4.78, 5) is 43.4. The van der Waals surface area contributed by atoms with Crippen molar-refractivity contribution in [2.45, 2.75) is 58.3 Å². The number of hydrogen-bond acceptors (Lipinski definition) is 7.